The van der Waals surface area contributed by atoms with Gasteiger partial charge in [-0.05, 0) is 26.8 Å². The fraction of sp³-hybridized carbons (Fsp3) is 0.300. The number of carbonyl (C=O) groups is 1. The SMILES string of the molecule is Cc1cc(C(=O)O)nc(-n2nc(C)nc2C)n1. The molecule has 2 heterocycles. The van der Waals surface area contributed by atoms with E-state index in [1.807, 2.05) is 0 Å². The fourth-order valence-electron chi connectivity index (χ4n) is 1.47. The summed E-state index contributed by atoms with van der Waals surface area (Å²) in [6.45, 7) is 5.21. The van der Waals surface area contributed by atoms with E-state index in [0.717, 1.165) is 0 Å². The third-order valence-electron chi connectivity index (χ3n) is 2.13. The molecule has 17 heavy (non-hydrogen) atoms. The first-order valence-corrected chi connectivity index (χ1v) is 4.97. The lowest BCUT2D eigenvalue weighted by Crippen LogP contribution is -2.11. The molecule has 0 unspecified atom stereocenters. The number of aromatic carboxylic acids is 1. The average Bonchev–Trinajstić information content (AvgIpc) is 2.57. The Kier molecular flexibility index (Phi) is 2.58. The first-order valence-electron chi connectivity index (χ1n) is 4.97. The largest absolute Gasteiger partial charge is 0.477 e. The molecule has 1 N–H and O–H groups in total. The highest BCUT2D eigenvalue weighted by Crippen LogP contribution is 2.07. The number of hydrogen-bond donors (Lipinski definition) is 1. The molecule has 0 saturated carbocycles. The van der Waals surface area contributed by atoms with Crippen molar-refractivity contribution >= 4 is 5.97 Å². The van der Waals surface area contributed by atoms with Gasteiger partial charge in [-0.3, -0.25) is 0 Å². The molecule has 0 amide bonds. The van der Waals surface area contributed by atoms with E-state index in [1.54, 1.807) is 20.8 Å². The second-order valence-corrected chi connectivity index (χ2v) is 3.62. The molecule has 0 bridgehead atoms. The fourth-order valence-corrected chi connectivity index (χ4v) is 1.47. The van der Waals surface area contributed by atoms with Crippen molar-refractivity contribution in [3.05, 3.63) is 29.1 Å². The number of hydrogen-bond acceptors (Lipinski definition) is 5. The van der Waals surface area contributed by atoms with Gasteiger partial charge in [0.2, 0.25) is 0 Å². The van der Waals surface area contributed by atoms with Gasteiger partial charge in [0.1, 0.15) is 11.6 Å². The second-order valence-electron chi connectivity index (χ2n) is 3.62. The Morgan fingerprint density at radius 2 is 1.94 bits per heavy atom. The normalized spacial score (nSPS) is 10.5. The van der Waals surface area contributed by atoms with Gasteiger partial charge < -0.3 is 5.11 Å². The molecule has 0 fully saturated rings. The molecule has 0 atom stereocenters. The number of carboxylic acid groups (broad SMARTS) is 1. The van der Waals surface area contributed by atoms with Crippen molar-refractivity contribution in [3.63, 3.8) is 0 Å². The smallest absolute Gasteiger partial charge is 0.354 e. The van der Waals surface area contributed by atoms with Gasteiger partial charge in [-0.2, -0.15) is 4.68 Å². The maximum absolute atomic E-state index is 10.9. The number of aryl methyl sites for hydroxylation is 3. The Morgan fingerprint density at radius 1 is 1.24 bits per heavy atom. The van der Waals surface area contributed by atoms with Gasteiger partial charge >= 0.3 is 5.97 Å². The molecule has 0 aliphatic carbocycles. The standard InChI is InChI=1S/C10H11N5O2/c1-5-4-8(9(16)17)13-10(11-5)15-7(3)12-6(2)14-15/h4H,1-3H3,(H,16,17). The molecular formula is C10H11N5O2. The molecule has 2 aromatic rings. The molecule has 7 nitrogen and oxygen atoms in total. The topological polar surface area (TPSA) is 93.8 Å². The second kappa shape index (κ2) is 3.93. The molecule has 2 aromatic heterocycles. The average molecular weight is 233 g/mol. The summed E-state index contributed by atoms with van der Waals surface area (Å²) in [5.74, 6) is 0.334. The third kappa shape index (κ3) is 2.12. The quantitative estimate of drug-likeness (QED) is 0.819. The van der Waals surface area contributed by atoms with Gasteiger partial charge in [0.25, 0.3) is 5.95 Å². The Labute approximate surface area is 97.2 Å². The zero-order valence-electron chi connectivity index (χ0n) is 9.67. The summed E-state index contributed by atoms with van der Waals surface area (Å²) in [6.07, 6.45) is 0. The van der Waals surface area contributed by atoms with Crippen LogP contribution in [0.4, 0.5) is 0 Å². The van der Waals surface area contributed by atoms with Gasteiger partial charge in [0.15, 0.2) is 5.69 Å². The lowest BCUT2D eigenvalue weighted by Gasteiger charge is -2.03. The van der Waals surface area contributed by atoms with E-state index in [9.17, 15) is 4.79 Å². The summed E-state index contributed by atoms with van der Waals surface area (Å²) >= 11 is 0. The van der Waals surface area contributed by atoms with Crippen LogP contribution in [0.5, 0.6) is 0 Å². The highest BCUT2D eigenvalue weighted by Gasteiger charge is 2.12. The summed E-state index contributed by atoms with van der Waals surface area (Å²) in [4.78, 5) is 23.1. The minimum absolute atomic E-state index is 0.0555. The maximum atomic E-state index is 10.9. The van der Waals surface area contributed by atoms with Crippen LogP contribution in [0.3, 0.4) is 0 Å². The third-order valence-corrected chi connectivity index (χ3v) is 2.13. The molecule has 7 heteroatoms. The van der Waals surface area contributed by atoms with Crippen molar-refractivity contribution in [2.75, 3.05) is 0 Å². The van der Waals surface area contributed by atoms with Crippen LogP contribution in [-0.2, 0) is 0 Å². The molecule has 0 saturated heterocycles. The summed E-state index contributed by atoms with van der Waals surface area (Å²) in [6, 6.07) is 1.41. The highest BCUT2D eigenvalue weighted by molar-refractivity contribution is 5.85. The lowest BCUT2D eigenvalue weighted by atomic mass is 10.3. The molecular weight excluding hydrogens is 222 g/mol. The van der Waals surface area contributed by atoms with Crippen molar-refractivity contribution in [3.8, 4) is 5.95 Å². The van der Waals surface area contributed by atoms with Crippen LogP contribution in [0.2, 0.25) is 0 Å². The Balaban J connectivity index is 2.59. The van der Waals surface area contributed by atoms with E-state index in [1.165, 1.54) is 10.7 Å². The van der Waals surface area contributed by atoms with Crippen LogP contribution < -0.4 is 0 Å². The van der Waals surface area contributed by atoms with Crippen LogP contribution in [0.25, 0.3) is 5.95 Å². The summed E-state index contributed by atoms with van der Waals surface area (Å²) < 4.78 is 1.43. The highest BCUT2D eigenvalue weighted by atomic mass is 16.4. The number of aromatic nitrogens is 5. The molecule has 88 valence electrons. The van der Waals surface area contributed by atoms with Gasteiger partial charge in [0, 0.05) is 5.69 Å². The zero-order chi connectivity index (χ0) is 12.6. The van der Waals surface area contributed by atoms with E-state index in [2.05, 4.69) is 20.1 Å². The van der Waals surface area contributed by atoms with Crippen molar-refractivity contribution in [1.82, 2.24) is 24.7 Å². The lowest BCUT2D eigenvalue weighted by molar-refractivity contribution is 0.0690. The Hall–Kier alpha value is -2.31. The van der Waals surface area contributed by atoms with Crippen LogP contribution in [0, 0.1) is 20.8 Å². The Bertz CT molecular complexity index is 590. The number of carboxylic acids is 1. The van der Waals surface area contributed by atoms with Crippen molar-refractivity contribution in [2.45, 2.75) is 20.8 Å². The molecule has 0 aliphatic rings. The monoisotopic (exact) mass is 233 g/mol. The van der Waals surface area contributed by atoms with E-state index in [-0.39, 0.29) is 11.6 Å². The zero-order valence-corrected chi connectivity index (χ0v) is 9.67. The predicted octanol–water partition coefficient (Wildman–Crippen LogP) is 0.681. The first-order chi connectivity index (χ1) is 7.97. The van der Waals surface area contributed by atoms with E-state index >= 15 is 0 Å². The molecule has 0 aromatic carbocycles. The minimum atomic E-state index is -1.09. The molecule has 0 aliphatic heterocycles. The summed E-state index contributed by atoms with van der Waals surface area (Å²) in [5.41, 5.74) is 0.514. The van der Waals surface area contributed by atoms with Crippen molar-refractivity contribution in [1.29, 1.82) is 0 Å². The predicted molar refractivity (Wildman–Crippen MR) is 58.1 cm³/mol. The first kappa shape index (κ1) is 11.2. The van der Waals surface area contributed by atoms with Crippen LogP contribution in [0.1, 0.15) is 27.8 Å². The Morgan fingerprint density at radius 3 is 2.47 bits per heavy atom. The molecule has 0 spiro atoms. The number of rotatable bonds is 2. The van der Waals surface area contributed by atoms with Crippen molar-refractivity contribution < 1.29 is 9.90 Å². The van der Waals surface area contributed by atoms with Crippen molar-refractivity contribution in [2.24, 2.45) is 0 Å². The maximum Gasteiger partial charge on any atom is 0.354 e. The minimum Gasteiger partial charge on any atom is -0.477 e. The van der Waals surface area contributed by atoms with E-state index in [4.69, 9.17) is 5.11 Å². The van der Waals surface area contributed by atoms with Gasteiger partial charge in [-0.15, -0.1) is 5.10 Å². The number of nitrogens with zero attached hydrogens (tertiary/aromatic N) is 5. The van der Waals surface area contributed by atoms with Gasteiger partial charge in [-0.25, -0.2) is 19.7 Å². The van der Waals surface area contributed by atoms with Crippen LogP contribution in [-0.4, -0.2) is 35.8 Å². The molecule has 0 radical (unpaired) electrons. The van der Waals surface area contributed by atoms with Gasteiger partial charge in [-0.1, -0.05) is 0 Å². The van der Waals surface area contributed by atoms with E-state index < -0.39 is 5.97 Å². The van der Waals surface area contributed by atoms with Crippen LogP contribution >= 0.6 is 0 Å². The van der Waals surface area contributed by atoms with E-state index in [0.29, 0.717) is 17.3 Å². The van der Waals surface area contributed by atoms with Crippen LogP contribution in [0.15, 0.2) is 6.07 Å². The summed E-state index contributed by atoms with van der Waals surface area (Å²) in [7, 11) is 0. The summed E-state index contributed by atoms with van der Waals surface area (Å²) in [5, 5.41) is 13.0. The molecule has 2 rings (SSSR count). The van der Waals surface area contributed by atoms with Gasteiger partial charge in [0.05, 0.1) is 0 Å².